The molecule has 3 aromatic rings. The largest absolute Gasteiger partial charge is 0.326 e. The molecule has 1 amide bonds. The third kappa shape index (κ3) is 3.30. The molecule has 2 aromatic carbocycles. The zero-order valence-electron chi connectivity index (χ0n) is 13.8. The number of thioether (sulfide) groups is 1. The lowest BCUT2D eigenvalue weighted by molar-refractivity contribution is -0.114. The Kier molecular flexibility index (Phi) is 4.60. The van der Waals surface area contributed by atoms with Crippen LogP contribution in [0.2, 0.25) is 0 Å². The molecular weight excluding hydrogens is 414 g/mol. The van der Waals surface area contributed by atoms with Crippen LogP contribution in [0.5, 0.6) is 0 Å². The number of hydrogen-bond acceptors (Lipinski definition) is 5. The topological polar surface area (TPSA) is 72.2 Å². The Bertz CT molecular complexity index is 1010. The van der Waals surface area contributed by atoms with Crippen LogP contribution in [0.3, 0.4) is 0 Å². The second-order valence-electron chi connectivity index (χ2n) is 5.69. The van der Waals surface area contributed by atoms with Crippen LogP contribution < -0.4 is 5.32 Å². The van der Waals surface area contributed by atoms with E-state index in [2.05, 4.69) is 31.4 Å². The van der Waals surface area contributed by atoms with E-state index >= 15 is 0 Å². The van der Waals surface area contributed by atoms with Gasteiger partial charge in [-0.25, -0.2) is 0 Å². The summed E-state index contributed by atoms with van der Waals surface area (Å²) >= 11 is 5.16. The van der Waals surface area contributed by atoms with Gasteiger partial charge >= 0.3 is 0 Å². The van der Waals surface area contributed by atoms with Crippen LogP contribution in [0.1, 0.15) is 12.5 Å². The van der Waals surface area contributed by atoms with Crippen molar-refractivity contribution < 1.29 is 4.79 Å². The van der Waals surface area contributed by atoms with Crippen molar-refractivity contribution in [3.8, 4) is 11.4 Å². The SMILES string of the molecule is CC(=O)Nc1ccc(C2=Nn3c(nnc3-c3ccccc3Br)SC2)cc1. The minimum absolute atomic E-state index is 0.0875. The Balaban J connectivity index is 1.70. The molecule has 1 aliphatic heterocycles. The van der Waals surface area contributed by atoms with Gasteiger partial charge in [0.2, 0.25) is 11.1 Å². The lowest BCUT2D eigenvalue weighted by atomic mass is 10.1. The molecule has 0 unspecified atom stereocenters. The first kappa shape index (κ1) is 17.0. The van der Waals surface area contributed by atoms with Crippen molar-refractivity contribution in [1.82, 2.24) is 14.9 Å². The summed E-state index contributed by atoms with van der Waals surface area (Å²) in [5.74, 6) is 1.33. The first-order chi connectivity index (χ1) is 12.6. The zero-order chi connectivity index (χ0) is 18.1. The van der Waals surface area contributed by atoms with Crippen LogP contribution in [0.25, 0.3) is 11.4 Å². The molecule has 0 aliphatic carbocycles. The van der Waals surface area contributed by atoms with Gasteiger partial charge in [0.05, 0.1) is 5.71 Å². The molecule has 6 nitrogen and oxygen atoms in total. The first-order valence-electron chi connectivity index (χ1n) is 7.91. The summed E-state index contributed by atoms with van der Waals surface area (Å²) < 4.78 is 2.73. The number of aromatic nitrogens is 3. The van der Waals surface area contributed by atoms with Gasteiger partial charge in [0.25, 0.3) is 0 Å². The van der Waals surface area contributed by atoms with E-state index in [4.69, 9.17) is 5.10 Å². The summed E-state index contributed by atoms with van der Waals surface area (Å²) in [4.78, 5) is 11.1. The van der Waals surface area contributed by atoms with Gasteiger partial charge in [-0.2, -0.15) is 9.78 Å². The number of halogens is 1. The summed E-state index contributed by atoms with van der Waals surface area (Å²) in [5.41, 5.74) is 3.65. The Labute approximate surface area is 162 Å². The van der Waals surface area contributed by atoms with E-state index in [0.717, 1.165) is 32.2 Å². The number of hydrogen-bond donors (Lipinski definition) is 1. The van der Waals surface area contributed by atoms with Crippen molar-refractivity contribution in [2.75, 3.05) is 11.1 Å². The fraction of sp³-hybridized carbons (Fsp3) is 0.111. The van der Waals surface area contributed by atoms with Gasteiger partial charge in [-0.15, -0.1) is 10.2 Å². The van der Waals surface area contributed by atoms with E-state index in [-0.39, 0.29) is 5.91 Å². The number of benzene rings is 2. The molecule has 2 heterocycles. The fourth-order valence-corrected chi connectivity index (χ4v) is 3.93. The van der Waals surface area contributed by atoms with Crippen molar-refractivity contribution in [1.29, 1.82) is 0 Å². The van der Waals surface area contributed by atoms with Gasteiger partial charge in [-0.05, 0) is 29.8 Å². The summed E-state index contributed by atoms with van der Waals surface area (Å²) in [7, 11) is 0. The molecule has 26 heavy (non-hydrogen) atoms. The zero-order valence-corrected chi connectivity index (χ0v) is 16.2. The predicted octanol–water partition coefficient (Wildman–Crippen LogP) is 4.02. The lowest BCUT2D eigenvalue weighted by Gasteiger charge is -2.14. The van der Waals surface area contributed by atoms with Gasteiger partial charge in [-0.3, -0.25) is 4.79 Å². The molecule has 0 radical (unpaired) electrons. The van der Waals surface area contributed by atoms with Crippen LogP contribution in [0.15, 0.2) is 63.3 Å². The molecular formula is C18H14BrN5OS. The second kappa shape index (κ2) is 7.05. The summed E-state index contributed by atoms with van der Waals surface area (Å²) in [5, 5.41) is 16.9. The molecule has 0 atom stereocenters. The van der Waals surface area contributed by atoms with Crippen molar-refractivity contribution in [3.63, 3.8) is 0 Å². The van der Waals surface area contributed by atoms with Crippen LogP contribution >= 0.6 is 27.7 Å². The normalized spacial score (nSPS) is 13.1. The highest BCUT2D eigenvalue weighted by atomic mass is 79.9. The minimum Gasteiger partial charge on any atom is -0.326 e. The maximum atomic E-state index is 11.1. The molecule has 1 aliphatic rings. The highest BCUT2D eigenvalue weighted by Gasteiger charge is 2.21. The van der Waals surface area contributed by atoms with Crippen LogP contribution in [-0.4, -0.2) is 32.2 Å². The summed E-state index contributed by atoms with van der Waals surface area (Å²) in [6.45, 7) is 1.49. The van der Waals surface area contributed by atoms with Crippen molar-refractivity contribution in [2.45, 2.75) is 12.1 Å². The molecule has 1 aromatic heterocycles. The van der Waals surface area contributed by atoms with Crippen LogP contribution in [-0.2, 0) is 4.79 Å². The number of amides is 1. The minimum atomic E-state index is -0.0875. The second-order valence-corrected chi connectivity index (χ2v) is 7.49. The number of fused-ring (bicyclic) bond motifs is 1. The average molecular weight is 428 g/mol. The highest BCUT2D eigenvalue weighted by molar-refractivity contribution is 9.10. The maximum Gasteiger partial charge on any atom is 0.221 e. The Hall–Kier alpha value is -2.45. The third-order valence-electron chi connectivity index (χ3n) is 3.82. The number of carbonyl (C=O) groups excluding carboxylic acids is 1. The number of nitrogens with one attached hydrogen (secondary N) is 1. The highest BCUT2D eigenvalue weighted by Crippen LogP contribution is 2.32. The predicted molar refractivity (Wildman–Crippen MR) is 107 cm³/mol. The van der Waals surface area contributed by atoms with E-state index < -0.39 is 0 Å². The van der Waals surface area contributed by atoms with Gasteiger partial charge in [0.1, 0.15) is 0 Å². The lowest BCUT2D eigenvalue weighted by Crippen LogP contribution is -2.14. The molecule has 0 saturated carbocycles. The molecule has 0 fully saturated rings. The molecule has 0 spiro atoms. The van der Waals surface area contributed by atoms with E-state index in [1.807, 2.05) is 48.5 Å². The number of nitrogens with zero attached hydrogens (tertiary/aromatic N) is 4. The van der Waals surface area contributed by atoms with E-state index in [9.17, 15) is 4.79 Å². The molecule has 8 heteroatoms. The Morgan fingerprint density at radius 2 is 1.92 bits per heavy atom. The first-order valence-corrected chi connectivity index (χ1v) is 9.68. The quantitative estimate of drug-likeness (QED) is 0.684. The maximum absolute atomic E-state index is 11.1. The van der Waals surface area contributed by atoms with Gasteiger partial charge in [0, 0.05) is 28.4 Å². The van der Waals surface area contributed by atoms with E-state index in [1.54, 1.807) is 16.4 Å². The molecule has 0 saturated heterocycles. The molecule has 4 rings (SSSR count). The third-order valence-corrected chi connectivity index (χ3v) is 5.45. The van der Waals surface area contributed by atoms with E-state index in [1.165, 1.54) is 6.92 Å². The van der Waals surface area contributed by atoms with Crippen LogP contribution in [0, 0.1) is 0 Å². The molecule has 1 N–H and O–H groups in total. The summed E-state index contributed by atoms with van der Waals surface area (Å²) in [6.07, 6.45) is 0. The molecule has 0 bridgehead atoms. The van der Waals surface area contributed by atoms with Gasteiger partial charge in [0.15, 0.2) is 5.82 Å². The van der Waals surface area contributed by atoms with Gasteiger partial charge < -0.3 is 5.32 Å². The smallest absolute Gasteiger partial charge is 0.221 e. The Morgan fingerprint density at radius 3 is 2.65 bits per heavy atom. The number of anilines is 1. The van der Waals surface area contributed by atoms with Crippen molar-refractivity contribution in [2.24, 2.45) is 5.10 Å². The average Bonchev–Trinajstić information content (AvgIpc) is 3.05. The van der Waals surface area contributed by atoms with Crippen LogP contribution in [0.4, 0.5) is 5.69 Å². The van der Waals surface area contributed by atoms with E-state index in [0.29, 0.717) is 11.6 Å². The standard InChI is InChI=1S/C18H14BrN5OS/c1-11(25)20-13-8-6-12(7-9-13)16-10-26-18-22-21-17(24(18)23-16)14-4-2-3-5-15(14)19/h2-9H,10H2,1H3,(H,20,25). The number of rotatable bonds is 3. The van der Waals surface area contributed by atoms with Crippen molar-refractivity contribution in [3.05, 3.63) is 58.6 Å². The fourth-order valence-electron chi connectivity index (χ4n) is 2.63. The molecule has 130 valence electrons. The summed E-state index contributed by atoms with van der Waals surface area (Å²) in [6, 6.07) is 15.5. The van der Waals surface area contributed by atoms with Crippen molar-refractivity contribution >= 4 is 45.0 Å². The van der Waals surface area contributed by atoms with Gasteiger partial charge in [-0.1, -0.05) is 52.0 Å². The number of carbonyl (C=O) groups is 1. The Morgan fingerprint density at radius 1 is 1.15 bits per heavy atom. The monoisotopic (exact) mass is 427 g/mol.